The van der Waals surface area contributed by atoms with Gasteiger partial charge in [-0.25, -0.2) is 13.1 Å². The molecule has 0 bridgehead atoms. The quantitative estimate of drug-likeness (QED) is 0.612. The van der Waals surface area contributed by atoms with Crippen molar-refractivity contribution in [1.29, 1.82) is 0 Å². The fourth-order valence-electron chi connectivity index (χ4n) is 1.46. The Balaban J connectivity index is 3.22. The van der Waals surface area contributed by atoms with Crippen LogP contribution in [0.25, 0.3) is 0 Å². The Morgan fingerprint density at radius 1 is 1.42 bits per heavy atom. The van der Waals surface area contributed by atoms with E-state index in [1.807, 2.05) is 6.92 Å². The van der Waals surface area contributed by atoms with Crippen LogP contribution in [0, 0.1) is 10.1 Å². The molecule has 0 spiro atoms. The zero-order valence-electron chi connectivity index (χ0n) is 11.0. The summed E-state index contributed by atoms with van der Waals surface area (Å²) in [7, 11) is -2.20. The summed E-state index contributed by atoms with van der Waals surface area (Å²) >= 11 is 0. The minimum atomic E-state index is -3.73. The highest BCUT2D eigenvalue weighted by atomic mass is 32.2. The van der Waals surface area contributed by atoms with Crippen molar-refractivity contribution in [3.05, 3.63) is 28.3 Å². The average Bonchev–Trinajstić information content (AvgIpc) is 2.37. The molecule has 0 saturated heterocycles. The van der Waals surface area contributed by atoms with Crippen LogP contribution in [0.3, 0.4) is 0 Å². The van der Waals surface area contributed by atoms with Crippen LogP contribution < -0.4 is 10.0 Å². The molecule has 1 aromatic rings. The van der Waals surface area contributed by atoms with E-state index in [1.165, 1.54) is 19.2 Å². The molecule has 0 aromatic heterocycles. The summed E-state index contributed by atoms with van der Waals surface area (Å²) in [4.78, 5) is 10.2. The summed E-state index contributed by atoms with van der Waals surface area (Å²) in [5.41, 5.74) is 0.00187. The Morgan fingerprint density at radius 3 is 2.53 bits per heavy atom. The standard InChI is InChI=1S/C11H17N3O4S/c1-4-8(2)13-19(17,18)9-5-6-10(12-3)11(7-9)14(15)16/h5-8,12-13H,4H2,1-3H3. The Bertz CT molecular complexity index is 571. The SMILES string of the molecule is CCC(C)NS(=O)(=O)c1ccc(NC)c([N+](=O)[O-])c1. The average molecular weight is 287 g/mol. The Kier molecular flexibility index (Phi) is 4.84. The maximum Gasteiger partial charge on any atom is 0.293 e. The number of nitrogens with one attached hydrogen (secondary N) is 2. The first-order valence-corrected chi connectivity index (χ1v) is 7.28. The third kappa shape index (κ3) is 3.65. The van der Waals surface area contributed by atoms with Crippen LogP contribution in [0.15, 0.2) is 23.1 Å². The summed E-state index contributed by atoms with van der Waals surface area (Å²) < 4.78 is 26.5. The number of rotatable bonds is 6. The van der Waals surface area contributed by atoms with Crippen LogP contribution in [-0.4, -0.2) is 26.4 Å². The smallest absolute Gasteiger partial charge is 0.293 e. The monoisotopic (exact) mass is 287 g/mol. The molecule has 0 aliphatic heterocycles. The third-order valence-electron chi connectivity index (χ3n) is 2.71. The highest BCUT2D eigenvalue weighted by molar-refractivity contribution is 7.89. The maximum atomic E-state index is 12.0. The predicted molar refractivity (Wildman–Crippen MR) is 72.7 cm³/mol. The molecule has 7 nitrogen and oxygen atoms in total. The number of nitrogens with zero attached hydrogens (tertiary/aromatic N) is 1. The molecule has 0 aliphatic carbocycles. The first-order chi connectivity index (χ1) is 8.81. The van der Waals surface area contributed by atoms with Crippen molar-refractivity contribution in [2.75, 3.05) is 12.4 Å². The first kappa shape index (κ1) is 15.4. The van der Waals surface area contributed by atoms with Gasteiger partial charge in [-0.2, -0.15) is 0 Å². The molecule has 0 radical (unpaired) electrons. The van der Waals surface area contributed by atoms with E-state index >= 15 is 0 Å². The van der Waals surface area contributed by atoms with Crippen LogP contribution in [0.5, 0.6) is 0 Å². The van der Waals surface area contributed by atoms with Crippen molar-refractivity contribution in [2.45, 2.75) is 31.2 Å². The van der Waals surface area contributed by atoms with Crippen molar-refractivity contribution in [3.63, 3.8) is 0 Å². The predicted octanol–water partition coefficient (Wildman–Crippen LogP) is 1.71. The molecule has 0 heterocycles. The molecule has 1 atom stereocenters. The van der Waals surface area contributed by atoms with E-state index in [9.17, 15) is 18.5 Å². The molecule has 0 amide bonds. The molecule has 0 saturated carbocycles. The van der Waals surface area contributed by atoms with Crippen LogP contribution >= 0.6 is 0 Å². The highest BCUT2D eigenvalue weighted by Crippen LogP contribution is 2.27. The van der Waals surface area contributed by atoms with E-state index in [2.05, 4.69) is 10.0 Å². The molecule has 2 N–H and O–H groups in total. The molecule has 1 unspecified atom stereocenters. The molecule has 106 valence electrons. The molecule has 0 fully saturated rings. The number of hydrogen-bond acceptors (Lipinski definition) is 5. The van der Waals surface area contributed by atoms with Gasteiger partial charge in [0.15, 0.2) is 0 Å². The molecular formula is C11H17N3O4S. The lowest BCUT2D eigenvalue weighted by Gasteiger charge is -2.12. The van der Waals surface area contributed by atoms with Crippen molar-refractivity contribution in [3.8, 4) is 0 Å². The Morgan fingerprint density at radius 2 is 2.05 bits per heavy atom. The highest BCUT2D eigenvalue weighted by Gasteiger charge is 2.21. The molecule has 8 heteroatoms. The van der Waals surface area contributed by atoms with Gasteiger partial charge in [0, 0.05) is 19.2 Å². The van der Waals surface area contributed by atoms with Gasteiger partial charge in [-0.05, 0) is 25.5 Å². The molecule has 0 aliphatic rings. The second-order valence-electron chi connectivity index (χ2n) is 4.12. The number of nitro benzene ring substituents is 1. The Hall–Kier alpha value is -1.67. The van der Waals surface area contributed by atoms with Crippen molar-refractivity contribution < 1.29 is 13.3 Å². The molecule has 1 rings (SSSR count). The minimum Gasteiger partial charge on any atom is -0.383 e. The fourth-order valence-corrected chi connectivity index (χ4v) is 2.80. The van der Waals surface area contributed by atoms with Crippen LogP contribution in [0.4, 0.5) is 11.4 Å². The van der Waals surface area contributed by atoms with Crippen molar-refractivity contribution in [2.24, 2.45) is 0 Å². The lowest BCUT2D eigenvalue weighted by atomic mass is 10.3. The lowest BCUT2D eigenvalue weighted by molar-refractivity contribution is -0.384. The summed E-state index contributed by atoms with van der Waals surface area (Å²) in [6, 6.07) is 3.54. The second-order valence-corrected chi connectivity index (χ2v) is 5.83. The van der Waals surface area contributed by atoms with E-state index in [4.69, 9.17) is 0 Å². The van der Waals surface area contributed by atoms with Gasteiger partial charge in [-0.1, -0.05) is 6.92 Å². The molecular weight excluding hydrogens is 270 g/mol. The number of benzene rings is 1. The van der Waals surface area contributed by atoms with Gasteiger partial charge in [-0.15, -0.1) is 0 Å². The summed E-state index contributed by atoms with van der Waals surface area (Å²) in [5, 5.41) is 13.5. The lowest BCUT2D eigenvalue weighted by Crippen LogP contribution is -2.32. The summed E-state index contributed by atoms with van der Waals surface area (Å²) in [6.07, 6.45) is 0.635. The van der Waals surface area contributed by atoms with E-state index in [0.717, 1.165) is 6.07 Å². The number of sulfonamides is 1. The van der Waals surface area contributed by atoms with Gasteiger partial charge < -0.3 is 5.32 Å². The zero-order chi connectivity index (χ0) is 14.6. The summed E-state index contributed by atoms with van der Waals surface area (Å²) in [6.45, 7) is 3.58. The molecule has 19 heavy (non-hydrogen) atoms. The fraction of sp³-hybridized carbons (Fsp3) is 0.455. The van der Waals surface area contributed by atoms with E-state index in [-0.39, 0.29) is 22.3 Å². The van der Waals surface area contributed by atoms with Gasteiger partial charge in [0.25, 0.3) is 5.69 Å². The van der Waals surface area contributed by atoms with E-state index < -0.39 is 14.9 Å². The number of anilines is 1. The number of hydrogen-bond donors (Lipinski definition) is 2. The number of nitro groups is 1. The zero-order valence-corrected chi connectivity index (χ0v) is 11.8. The Labute approximate surface area is 112 Å². The minimum absolute atomic E-state index is 0.112. The van der Waals surface area contributed by atoms with Crippen LogP contribution in [0.2, 0.25) is 0 Å². The van der Waals surface area contributed by atoms with Gasteiger partial charge in [0.2, 0.25) is 10.0 Å². The van der Waals surface area contributed by atoms with Gasteiger partial charge >= 0.3 is 0 Å². The summed E-state index contributed by atoms with van der Waals surface area (Å²) in [5.74, 6) is 0. The third-order valence-corrected chi connectivity index (χ3v) is 4.30. The maximum absolute atomic E-state index is 12.0. The normalized spacial score (nSPS) is 13.0. The largest absolute Gasteiger partial charge is 0.383 e. The van der Waals surface area contributed by atoms with E-state index in [0.29, 0.717) is 6.42 Å². The van der Waals surface area contributed by atoms with E-state index in [1.54, 1.807) is 6.92 Å². The van der Waals surface area contributed by atoms with Crippen LogP contribution in [-0.2, 0) is 10.0 Å². The van der Waals surface area contributed by atoms with Crippen molar-refractivity contribution in [1.82, 2.24) is 4.72 Å². The molecule has 1 aromatic carbocycles. The topological polar surface area (TPSA) is 101 Å². The van der Waals surface area contributed by atoms with Gasteiger partial charge in [-0.3, -0.25) is 10.1 Å². The first-order valence-electron chi connectivity index (χ1n) is 5.80. The second kappa shape index (κ2) is 5.98. The van der Waals surface area contributed by atoms with Crippen LogP contribution in [0.1, 0.15) is 20.3 Å². The van der Waals surface area contributed by atoms with Gasteiger partial charge in [0.05, 0.1) is 9.82 Å². The van der Waals surface area contributed by atoms with Crippen molar-refractivity contribution >= 4 is 21.4 Å². The van der Waals surface area contributed by atoms with Gasteiger partial charge in [0.1, 0.15) is 5.69 Å².